The van der Waals surface area contributed by atoms with Crippen LogP contribution in [0.2, 0.25) is 0 Å². The molecule has 0 atom stereocenters. The molecule has 0 saturated carbocycles. The van der Waals surface area contributed by atoms with E-state index in [0.29, 0.717) is 0 Å². The number of benzene rings is 1. The molecule has 0 amide bonds. The largest absolute Gasteiger partial charge is 0.497 e. The molecule has 0 aliphatic carbocycles. The van der Waals surface area contributed by atoms with Gasteiger partial charge in [0.05, 0.1) is 7.11 Å². The monoisotopic (exact) mass is 231 g/mol. The maximum Gasteiger partial charge on any atom is 0.118 e. The third kappa shape index (κ3) is 3.88. The van der Waals surface area contributed by atoms with Crippen molar-refractivity contribution in [2.24, 2.45) is 0 Å². The Kier molecular flexibility index (Phi) is 4.59. The first-order chi connectivity index (χ1) is 8.38. The molecule has 1 fully saturated rings. The Morgan fingerprint density at radius 3 is 2.59 bits per heavy atom. The number of rotatable bonds is 4. The Bertz CT molecular complexity index is 353. The minimum absolute atomic E-state index is 0.903. The lowest BCUT2D eigenvalue weighted by Crippen LogP contribution is -2.40. The highest BCUT2D eigenvalue weighted by molar-refractivity contribution is 5.50. The standard InChI is InChI=1S/C14H19N2O/c1-17-14-6-4-13(5-7-14)3-2-10-16-11-8-15-9-12-16/h2-7H,8-12H2,1H3/b3-2+. The van der Waals surface area contributed by atoms with Crippen LogP contribution in [0.15, 0.2) is 30.3 Å². The lowest BCUT2D eigenvalue weighted by atomic mass is 10.2. The van der Waals surface area contributed by atoms with Crippen molar-refractivity contribution < 1.29 is 4.74 Å². The fourth-order valence-corrected chi connectivity index (χ4v) is 1.88. The highest BCUT2D eigenvalue weighted by Crippen LogP contribution is 2.12. The average Bonchev–Trinajstić information content (AvgIpc) is 2.41. The van der Waals surface area contributed by atoms with E-state index in [4.69, 9.17) is 4.74 Å². The normalized spacial score (nSPS) is 17.5. The second-order valence-electron chi connectivity index (χ2n) is 4.15. The zero-order valence-electron chi connectivity index (χ0n) is 10.3. The van der Waals surface area contributed by atoms with Crippen LogP contribution in [0.25, 0.3) is 6.08 Å². The van der Waals surface area contributed by atoms with Gasteiger partial charge in [0.25, 0.3) is 0 Å². The van der Waals surface area contributed by atoms with Gasteiger partial charge >= 0.3 is 0 Å². The second-order valence-corrected chi connectivity index (χ2v) is 4.15. The van der Waals surface area contributed by atoms with Crippen LogP contribution >= 0.6 is 0 Å². The first kappa shape index (κ1) is 12.1. The van der Waals surface area contributed by atoms with Crippen molar-refractivity contribution in [3.05, 3.63) is 35.9 Å². The van der Waals surface area contributed by atoms with Crippen molar-refractivity contribution >= 4 is 6.08 Å². The molecule has 1 aromatic carbocycles. The van der Waals surface area contributed by atoms with Crippen LogP contribution in [0.5, 0.6) is 5.75 Å². The molecule has 3 heteroatoms. The summed E-state index contributed by atoms with van der Waals surface area (Å²) >= 11 is 0. The van der Waals surface area contributed by atoms with Crippen LogP contribution in [0.1, 0.15) is 5.56 Å². The van der Waals surface area contributed by atoms with Crippen molar-refractivity contribution in [3.8, 4) is 5.75 Å². The summed E-state index contributed by atoms with van der Waals surface area (Å²) in [6.45, 7) is 5.16. The molecular formula is C14H19N2O. The maximum atomic E-state index is 5.13. The van der Waals surface area contributed by atoms with Gasteiger partial charge in [0.2, 0.25) is 0 Å². The van der Waals surface area contributed by atoms with Gasteiger partial charge in [-0.3, -0.25) is 4.90 Å². The van der Waals surface area contributed by atoms with E-state index in [-0.39, 0.29) is 0 Å². The summed E-state index contributed by atoms with van der Waals surface area (Å²) < 4.78 is 5.13. The smallest absolute Gasteiger partial charge is 0.118 e. The molecule has 1 aromatic rings. The molecule has 1 radical (unpaired) electrons. The molecule has 0 bridgehead atoms. The molecule has 0 spiro atoms. The van der Waals surface area contributed by atoms with Crippen LogP contribution in [-0.2, 0) is 0 Å². The molecule has 0 unspecified atom stereocenters. The van der Waals surface area contributed by atoms with Gasteiger partial charge in [0.15, 0.2) is 0 Å². The Balaban J connectivity index is 1.82. The van der Waals surface area contributed by atoms with Gasteiger partial charge in [-0.2, -0.15) is 0 Å². The third-order valence-electron chi connectivity index (χ3n) is 2.94. The first-order valence-electron chi connectivity index (χ1n) is 6.05. The summed E-state index contributed by atoms with van der Waals surface area (Å²) in [7, 11) is 1.69. The highest BCUT2D eigenvalue weighted by atomic mass is 16.5. The van der Waals surface area contributed by atoms with Crippen LogP contribution < -0.4 is 10.1 Å². The zero-order valence-corrected chi connectivity index (χ0v) is 10.3. The van der Waals surface area contributed by atoms with E-state index < -0.39 is 0 Å². The summed E-state index contributed by atoms with van der Waals surface area (Å²) in [4.78, 5) is 2.42. The topological polar surface area (TPSA) is 26.6 Å². The molecule has 1 aliphatic rings. The predicted molar refractivity (Wildman–Crippen MR) is 70.3 cm³/mol. The van der Waals surface area contributed by atoms with Gasteiger partial charge in [0.1, 0.15) is 5.75 Å². The average molecular weight is 231 g/mol. The number of hydrogen-bond donors (Lipinski definition) is 0. The molecular weight excluding hydrogens is 212 g/mol. The molecule has 2 rings (SSSR count). The lowest BCUT2D eigenvalue weighted by molar-refractivity contribution is 0.262. The second kappa shape index (κ2) is 6.42. The quantitative estimate of drug-likeness (QED) is 0.787. The predicted octanol–water partition coefficient (Wildman–Crippen LogP) is 1.63. The molecule has 3 nitrogen and oxygen atoms in total. The third-order valence-corrected chi connectivity index (χ3v) is 2.94. The van der Waals surface area contributed by atoms with E-state index in [9.17, 15) is 0 Å². The first-order valence-corrected chi connectivity index (χ1v) is 6.05. The van der Waals surface area contributed by atoms with E-state index in [1.165, 1.54) is 5.56 Å². The Morgan fingerprint density at radius 1 is 1.24 bits per heavy atom. The van der Waals surface area contributed by atoms with Gasteiger partial charge in [0, 0.05) is 32.7 Å². The number of piperazine rings is 1. The van der Waals surface area contributed by atoms with Crippen LogP contribution in [0, 0.1) is 0 Å². The zero-order chi connectivity index (χ0) is 11.9. The van der Waals surface area contributed by atoms with Crippen LogP contribution in [0.4, 0.5) is 0 Å². The molecule has 1 saturated heterocycles. The van der Waals surface area contributed by atoms with Crippen molar-refractivity contribution in [1.82, 2.24) is 10.2 Å². The van der Waals surface area contributed by atoms with E-state index in [1.54, 1.807) is 7.11 Å². The number of hydrogen-bond acceptors (Lipinski definition) is 2. The molecule has 91 valence electrons. The SMILES string of the molecule is COc1ccc(/C=C/CN2CC[N]CC2)cc1. The summed E-state index contributed by atoms with van der Waals surface area (Å²) in [5, 5.41) is 4.33. The summed E-state index contributed by atoms with van der Waals surface area (Å²) in [5.74, 6) is 0.903. The molecule has 0 N–H and O–H groups in total. The fraction of sp³-hybridized carbons (Fsp3) is 0.429. The molecule has 0 aromatic heterocycles. The van der Waals surface area contributed by atoms with Gasteiger partial charge in [-0.25, -0.2) is 5.32 Å². The lowest BCUT2D eigenvalue weighted by Gasteiger charge is -2.24. The van der Waals surface area contributed by atoms with Crippen LogP contribution in [0.3, 0.4) is 0 Å². The molecule has 17 heavy (non-hydrogen) atoms. The molecule has 1 aliphatic heterocycles. The summed E-state index contributed by atoms with van der Waals surface area (Å²) in [6, 6.07) is 8.11. The highest BCUT2D eigenvalue weighted by Gasteiger charge is 2.07. The molecule has 1 heterocycles. The van der Waals surface area contributed by atoms with Gasteiger partial charge < -0.3 is 4.74 Å². The van der Waals surface area contributed by atoms with Crippen molar-refractivity contribution in [2.45, 2.75) is 0 Å². The fourth-order valence-electron chi connectivity index (χ4n) is 1.88. The number of ether oxygens (including phenoxy) is 1. The van der Waals surface area contributed by atoms with Crippen LogP contribution in [-0.4, -0.2) is 44.7 Å². The minimum Gasteiger partial charge on any atom is -0.497 e. The van der Waals surface area contributed by atoms with E-state index in [0.717, 1.165) is 38.5 Å². The van der Waals surface area contributed by atoms with Gasteiger partial charge in [-0.15, -0.1) is 0 Å². The number of nitrogens with zero attached hydrogens (tertiary/aromatic N) is 2. The van der Waals surface area contributed by atoms with E-state index >= 15 is 0 Å². The van der Waals surface area contributed by atoms with Crippen molar-refractivity contribution in [3.63, 3.8) is 0 Å². The van der Waals surface area contributed by atoms with Gasteiger partial charge in [-0.1, -0.05) is 24.3 Å². The van der Waals surface area contributed by atoms with Gasteiger partial charge in [-0.05, 0) is 17.7 Å². The minimum atomic E-state index is 0.903. The maximum absolute atomic E-state index is 5.13. The van der Waals surface area contributed by atoms with E-state index in [2.05, 4.69) is 34.5 Å². The Morgan fingerprint density at radius 2 is 1.94 bits per heavy atom. The Labute approximate surface area is 103 Å². The summed E-state index contributed by atoms with van der Waals surface area (Å²) in [6.07, 6.45) is 4.37. The van der Waals surface area contributed by atoms with Crippen molar-refractivity contribution in [1.29, 1.82) is 0 Å². The Hall–Kier alpha value is -1.32. The van der Waals surface area contributed by atoms with Crippen molar-refractivity contribution in [2.75, 3.05) is 39.8 Å². The van der Waals surface area contributed by atoms with E-state index in [1.807, 2.05) is 12.1 Å². The summed E-state index contributed by atoms with van der Waals surface area (Å²) in [5.41, 5.74) is 1.22. The number of methoxy groups -OCH3 is 1.